The first-order chi connectivity index (χ1) is 13.9. The number of nitrogens with one attached hydrogen (secondary N) is 2. The Morgan fingerprint density at radius 1 is 1.21 bits per heavy atom. The number of nitrogens with zero attached hydrogens (tertiary/aromatic N) is 1. The van der Waals surface area contributed by atoms with E-state index in [9.17, 15) is 13.2 Å². The zero-order valence-electron chi connectivity index (χ0n) is 16.4. The zero-order chi connectivity index (χ0) is 20.9. The fraction of sp³-hybridized carbons (Fsp3) is 0.450. The summed E-state index contributed by atoms with van der Waals surface area (Å²) in [7, 11) is -3.62. The maximum absolute atomic E-state index is 13.0. The lowest BCUT2D eigenvalue weighted by Crippen LogP contribution is -2.32. The third-order valence-electron chi connectivity index (χ3n) is 4.95. The van der Waals surface area contributed by atoms with Crippen LogP contribution in [0.2, 0.25) is 5.02 Å². The Morgan fingerprint density at radius 2 is 1.93 bits per heavy atom. The van der Waals surface area contributed by atoms with Crippen molar-refractivity contribution in [2.45, 2.75) is 43.5 Å². The summed E-state index contributed by atoms with van der Waals surface area (Å²) in [5.41, 5.74) is 0.278. The van der Waals surface area contributed by atoms with E-state index in [1.807, 2.05) is 13.0 Å². The molecule has 0 unspecified atom stereocenters. The van der Waals surface area contributed by atoms with Crippen molar-refractivity contribution >= 4 is 33.2 Å². The molecule has 1 atom stereocenters. The molecule has 0 saturated carbocycles. The number of halogens is 1. The Labute approximate surface area is 176 Å². The number of carbonyl (C=O) groups excluding carboxylic acids is 1. The van der Waals surface area contributed by atoms with Gasteiger partial charge in [-0.25, -0.2) is 8.42 Å². The maximum atomic E-state index is 13.0. The van der Waals surface area contributed by atoms with Gasteiger partial charge >= 0.3 is 0 Å². The molecule has 1 aliphatic heterocycles. The van der Waals surface area contributed by atoms with Gasteiger partial charge in [-0.05, 0) is 50.1 Å². The van der Waals surface area contributed by atoms with Crippen molar-refractivity contribution in [3.05, 3.63) is 47.4 Å². The second kappa shape index (κ2) is 9.75. The number of rotatable bonds is 7. The van der Waals surface area contributed by atoms with Crippen LogP contribution >= 0.6 is 11.6 Å². The molecule has 0 radical (unpaired) electrons. The first-order valence-corrected chi connectivity index (χ1v) is 11.6. The number of anilines is 1. The van der Waals surface area contributed by atoms with Gasteiger partial charge in [-0.15, -0.1) is 0 Å². The van der Waals surface area contributed by atoms with Crippen LogP contribution in [0.5, 0.6) is 0 Å². The molecule has 1 amide bonds. The molecule has 0 aliphatic carbocycles. The van der Waals surface area contributed by atoms with Gasteiger partial charge in [-0.3, -0.25) is 10.1 Å². The van der Waals surface area contributed by atoms with E-state index in [1.165, 1.54) is 22.5 Å². The number of benzene rings is 1. The molecule has 1 aromatic heterocycles. The highest BCUT2D eigenvalue weighted by molar-refractivity contribution is 7.89. The van der Waals surface area contributed by atoms with E-state index < -0.39 is 10.0 Å². The van der Waals surface area contributed by atoms with Gasteiger partial charge in [0.05, 0.1) is 34.5 Å². The Kier molecular flexibility index (Phi) is 7.34. The SMILES string of the molecule is C[C@@H](NCC(=O)Nc1cc(S(=O)(=O)N2CCCCCC2)ccc1Cl)c1ccco1. The first kappa shape index (κ1) is 21.8. The van der Waals surface area contributed by atoms with E-state index in [0.717, 1.165) is 31.4 Å². The van der Waals surface area contributed by atoms with Gasteiger partial charge in [0, 0.05) is 13.1 Å². The Hall–Kier alpha value is -1.87. The Balaban J connectivity index is 1.67. The van der Waals surface area contributed by atoms with Crippen molar-refractivity contribution in [2.75, 3.05) is 25.0 Å². The molecule has 3 rings (SSSR count). The summed E-state index contributed by atoms with van der Waals surface area (Å²) in [4.78, 5) is 12.5. The van der Waals surface area contributed by atoms with Crippen molar-refractivity contribution in [3.63, 3.8) is 0 Å². The molecule has 7 nitrogen and oxygen atoms in total. The number of furan rings is 1. The van der Waals surface area contributed by atoms with Crippen LogP contribution in [0.1, 0.15) is 44.4 Å². The molecule has 1 aromatic carbocycles. The second-order valence-electron chi connectivity index (χ2n) is 7.13. The van der Waals surface area contributed by atoms with E-state index in [4.69, 9.17) is 16.0 Å². The summed E-state index contributed by atoms with van der Waals surface area (Å²) in [6, 6.07) is 7.88. The van der Waals surface area contributed by atoms with E-state index in [2.05, 4.69) is 10.6 Å². The minimum Gasteiger partial charge on any atom is -0.468 e. The van der Waals surface area contributed by atoms with Gasteiger partial charge in [0.15, 0.2) is 0 Å². The van der Waals surface area contributed by atoms with Crippen LogP contribution in [-0.2, 0) is 14.8 Å². The summed E-state index contributed by atoms with van der Waals surface area (Å²) < 4.78 is 32.8. The highest BCUT2D eigenvalue weighted by atomic mass is 35.5. The fourth-order valence-electron chi connectivity index (χ4n) is 3.27. The third kappa shape index (κ3) is 5.60. The lowest BCUT2D eigenvalue weighted by molar-refractivity contribution is -0.115. The Morgan fingerprint density at radius 3 is 2.59 bits per heavy atom. The summed E-state index contributed by atoms with van der Waals surface area (Å²) in [6.45, 7) is 2.94. The van der Waals surface area contributed by atoms with Crippen LogP contribution in [0, 0.1) is 0 Å². The van der Waals surface area contributed by atoms with Crippen LogP contribution in [0.3, 0.4) is 0 Å². The number of carbonyl (C=O) groups is 1. The molecule has 1 fully saturated rings. The second-order valence-corrected chi connectivity index (χ2v) is 9.47. The smallest absolute Gasteiger partial charge is 0.243 e. The highest BCUT2D eigenvalue weighted by Gasteiger charge is 2.26. The number of hydrogen-bond acceptors (Lipinski definition) is 5. The molecular weight excluding hydrogens is 414 g/mol. The van der Waals surface area contributed by atoms with E-state index in [0.29, 0.717) is 13.1 Å². The van der Waals surface area contributed by atoms with Crippen LogP contribution < -0.4 is 10.6 Å². The molecule has 0 spiro atoms. The van der Waals surface area contributed by atoms with Crippen LogP contribution in [0.4, 0.5) is 5.69 Å². The topological polar surface area (TPSA) is 91.7 Å². The minimum atomic E-state index is -3.62. The van der Waals surface area contributed by atoms with Crippen molar-refractivity contribution < 1.29 is 17.6 Å². The molecule has 1 aliphatic rings. The van der Waals surface area contributed by atoms with E-state index in [-0.39, 0.29) is 34.1 Å². The van der Waals surface area contributed by atoms with Crippen molar-refractivity contribution in [3.8, 4) is 0 Å². The monoisotopic (exact) mass is 439 g/mol. The first-order valence-electron chi connectivity index (χ1n) is 9.74. The predicted octanol–water partition coefficient (Wildman–Crippen LogP) is 3.79. The van der Waals surface area contributed by atoms with Gasteiger partial charge in [-0.1, -0.05) is 24.4 Å². The van der Waals surface area contributed by atoms with Crippen molar-refractivity contribution in [2.24, 2.45) is 0 Å². The molecule has 0 bridgehead atoms. The molecule has 29 heavy (non-hydrogen) atoms. The average molecular weight is 440 g/mol. The van der Waals surface area contributed by atoms with Crippen LogP contribution in [0.25, 0.3) is 0 Å². The number of sulfonamides is 1. The molecule has 2 N–H and O–H groups in total. The number of amides is 1. The highest BCUT2D eigenvalue weighted by Crippen LogP contribution is 2.28. The largest absolute Gasteiger partial charge is 0.468 e. The van der Waals surface area contributed by atoms with E-state index >= 15 is 0 Å². The summed E-state index contributed by atoms with van der Waals surface area (Å²) in [6.07, 6.45) is 5.37. The van der Waals surface area contributed by atoms with Gasteiger partial charge in [0.25, 0.3) is 0 Å². The summed E-state index contributed by atoms with van der Waals surface area (Å²) in [5.74, 6) is 0.399. The lowest BCUT2D eigenvalue weighted by Gasteiger charge is -2.20. The molecule has 2 heterocycles. The van der Waals surface area contributed by atoms with Gasteiger partial charge < -0.3 is 9.73 Å². The molecule has 1 saturated heterocycles. The normalized spacial score (nSPS) is 16.9. The van der Waals surface area contributed by atoms with Gasteiger partial charge in [0.2, 0.25) is 15.9 Å². The fourth-order valence-corrected chi connectivity index (χ4v) is 4.98. The summed E-state index contributed by atoms with van der Waals surface area (Å²) in [5, 5.41) is 6.03. The average Bonchev–Trinajstić information content (AvgIpc) is 3.09. The predicted molar refractivity (Wildman–Crippen MR) is 112 cm³/mol. The van der Waals surface area contributed by atoms with Crippen molar-refractivity contribution in [1.29, 1.82) is 0 Å². The van der Waals surface area contributed by atoms with Crippen LogP contribution in [-0.4, -0.2) is 38.3 Å². The zero-order valence-corrected chi connectivity index (χ0v) is 17.9. The van der Waals surface area contributed by atoms with Gasteiger partial charge in [0.1, 0.15) is 5.76 Å². The maximum Gasteiger partial charge on any atom is 0.243 e. The third-order valence-corrected chi connectivity index (χ3v) is 7.18. The van der Waals surface area contributed by atoms with E-state index in [1.54, 1.807) is 12.3 Å². The minimum absolute atomic E-state index is 0.0291. The standard InChI is InChI=1S/C20H26ClN3O4S/c1-15(19-7-6-12-28-19)22-14-20(25)23-18-13-16(8-9-17(18)21)29(26,27)24-10-4-2-3-5-11-24/h6-9,12-13,15,22H,2-5,10-11,14H2,1H3,(H,23,25)/t15-/m1/s1. The molecule has 9 heteroatoms. The van der Waals surface area contributed by atoms with Crippen LogP contribution in [0.15, 0.2) is 45.9 Å². The molecule has 158 valence electrons. The van der Waals surface area contributed by atoms with Crippen molar-refractivity contribution in [1.82, 2.24) is 9.62 Å². The summed E-state index contributed by atoms with van der Waals surface area (Å²) >= 11 is 6.19. The lowest BCUT2D eigenvalue weighted by atomic mass is 10.2. The number of hydrogen-bond donors (Lipinski definition) is 2. The molecule has 2 aromatic rings. The van der Waals surface area contributed by atoms with Gasteiger partial charge in [-0.2, -0.15) is 4.31 Å². The Bertz CT molecular complexity index is 923. The molecular formula is C20H26ClN3O4S. The quantitative estimate of drug-likeness (QED) is 0.684.